The van der Waals surface area contributed by atoms with Gasteiger partial charge in [-0.3, -0.25) is 4.79 Å². The van der Waals surface area contributed by atoms with Gasteiger partial charge in [0.05, 0.1) is 0 Å². The van der Waals surface area contributed by atoms with E-state index in [0.717, 1.165) is 6.42 Å². The van der Waals surface area contributed by atoms with Crippen LogP contribution in [0.3, 0.4) is 0 Å². The lowest BCUT2D eigenvalue weighted by Crippen LogP contribution is -2.22. The van der Waals surface area contributed by atoms with Crippen molar-refractivity contribution in [3.05, 3.63) is 0 Å². The van der Waals surface area contributed by atoms with Crippen molar-refractivity contribution in [1.29, 1.82) is 0 Å². The van der Waals surface area contributed by atoms with Gasteiger partial charge in [-0.1, -0.05) is 13.3 Å². The minimum Gasteiger partial charge on any atom is -0.462 e. The highest BCUT2D eigenvalue weighted by molar-refractivity contribution is 5.71. The van der Waals surface area contributed by atoms with E-state index < -0.39 is 6.43 Å². The third kappa shape index (κ3) is 3.24. The molecule has 2 atom stereocenters. The van der Waals surface area contributed by atoms with E-state index in [1.165, 1.54) is 0 Å². The lowest BCUT2D eigenvalue weighted by molar-refractivity contribution is -0.143. The number of rotatable bonds is 5. The maximum absolute atomic E-state index is 12.2. The average molecular weight is 206 g/mol. The standard InChI is InChI=1S/C10H16F2O2/c1-2-3-7(6-9(11)12)8-4-5-10(13)14-8/h7-9H,2-6H2,1H3. The number of esters is 1. The van der Waals surface area contributed by atoms with Crippen LogP contribution in [-0.2, 0) is 9.53 Å². The number of hydrogen-bond donors (Lipinski definition) is 0. The molecule has 82 valence electrons. The van der Waals surface area contributed by atoms with Crippen molar-refractivity contribution < 1.29 is 18.3 Å². The number of carbonyl (C=O) groups is 1. The van der Waals surface area contributed by atoms with Crippen molar-refractivity contribution in [3.63, 3.8) is 0 Å². The zero-order valence-corrected chi connectivity index (χ0v) is 8.34. The Labute approximate surface area is 82.6 Å². The second-order valence-corrected chi connectivity index (χ2v) is 3.74. The zero-order valence-electron chi connectivity index (χ0n) is 8.34. The fourth-order valence-electron chi connectivity index (χ4n) is 1.93. The molecule has 1 rings (SSSR count). The molecule has 0 N–H and O–H groups in total. The summed E-state index contributed by atoms with van der Waals surface area (Å²) in [5.74, 6) is -0.406. The maximum atomic E-state index is 12.2. The van der Waals surface area contributed by atoms with E-state index >= 15 is 0 Å². The van der Waals surface area contributed by atoms with Crippen LogP contribution in [0.25, 0.3) is 0 Å². The molecular weight excluding hydrogens is 190 g/mol. The minimum absolute atomic E-state index is 0.147. The van der Waals surface area contributed by atoms with Gasteiger partial charge in [0.25, 0.3) is 0 Å². The number of carbonyl (C=O) groups excluding carboxylic acids is 1. The lowest BCUT2D eigenvalue weighted by atomic mass is 9.92. The van der Waals surface area contributed by atoms with E-state index in [1.807, 2.05) is 6.92 Å². The highest BCUT2D eigenvalue weighted by Crippen LogP contribution is 2.29. The van der Waals surface area contributed by atoms with Gasteiger partial charge in [0, 0.05) is 18.8 Å². The van der Waals surface area contributed by atoms with Gasteiger partial charge in [-0.2, -0.15) is 0 Å². The first-order valence-corrected chi connectivity index (χ1v) is 5.11. The second-order valence-electron chi connectivity index (χ2n) is 3.74. The van der Waals surface area contributed by atoms with E-state index in [-0.39, 0.29) is 24.4 Å². The maximum Gasteiger partial charge on any atom is 0.306 e. The number of cyclic esters (lactones) is 1. The fourth-order valence-corrected chi connectivity index (χ4v) is 1.93. The van der Waals surface area contributed by atoms with Crippen LogP contribution in [0.4, 0.5) is 8.78 Å². The monoisotopic (exact) mass is 206 g/mol. The van der Waals surface area contributed by atoms with E-state index in [4.69, 9.17) is 4.74 Å². The van der Waals surface area contributed by atoms with Crippen LogP contribution in [0.2, 0.25) is 0 Å². The van der Waals surface area contributed by atoms with Gasteiger partial charge < -0.3 is 4.74 Å². The number of ether oxygens (including phenoxy) is 1. The Kier molecular flexibility index (Phi) is 4.29. The van der Waals surface area contributed by atoms with Gasteiger partial charge in [-0.05, 0) is 12.8 Å². The first kappa shape index (κ1) is 11.4. The molecule has 0 amide bonds. The van der Waals surface area contributed by atoms with E-state index in [0.29, 0.717) is 19.3 Å². The van der Waals surface area contributed by atoms with Gasteiger partial charge in [0.15, 0.2) is 0 Å². The molecule has 0 aromatic heterocycles. The molecule has 1 heterocycles. The Hall–Kier alpha value is -0.670. The Bertz CT molecular complexity index is 195. The van der Waals surface area contributed by atoms with Crippen LogP contribution in [0.15, 0.2) is 0 Å². The minimum atomic E-state index is -2.30. The second kappa shape index (κ2) is 5.27. The largest absolute Gasteiger partial charge is 0.462 e. The third-order valence-corrected chi connectivity index (χ3v) is 2.58. The summed E-state index contributed by atoms with van der Waals surface area (Å²) in [5, 5.41) is 0. The molecule has 4 heteroatoms. The van der Waals surface area contributed by atoms with Crippen LogP contribution in [0.1, 0.15) is 39.0 Å². The number of alkyl halides is 2. The highest BCUT2D eigenvalue weighted by Gasteiger charge is 2.32. The topological polar surface area (TPSA) is 26.3 Å². The van der Waals surface area contributed by atoms with Crippen LogP contribution in [-0.4, -0.2) is 18.5 Å². The number of halogens is 2. The first-order valence-electron chi connectivity index (χ1n) is 5.11. The first-order chi connectivity index (χ1) is 6.63. The molecule has 0 aromatic rings. The number of hydrogen-bond acceptors (Lipinski definition) is 2. The summed E-state index contributed by atoms with van der Waals surface area (Å²) >= 11 is 0. The van der Waals surface area contributed by atoms with Crippen molar-refractivity contribution in [2.45, 2.75) is 51.6 Å². The molecule has 0 radical (unpaired) electrons. The summed E-state index contributed by atoms with van der Waals surface area (Å²) in [5.41, 5.74) is 0. The zero-order chi connectivity index (χ0) is 10.6. The molecule has 2 unspecified atom stereocenters. The molecule has 14 heavy (non-hydrogen) atoms. The molecule has 1 fully saturated rings. The van der Waals surface area contributed by atoms with Crippen molar-refractivity contribution >= 4 is 5.97 Å². The SMILES string of the molecule is CCCC(CC(F)F)C1CCC(=O)O1. The molecule has 1 aliphatic rings. The summed E-state index contributed by atoms with van der Waals surface area (Å²) in [7, 11) is 0. The smallest absolute Gasteiger partial charge is 0.306 e. The Morgan fingerprint density at radius 3 is 2.71 bits per heavy atom. The van der Waals surface area contributed by atoms with Gasteiger partial charge >= 0.3 is 5.97 Å². The molecule has 1 aliphatic heterocycles. The fraction of sp³-hybridized carbons (Fsp3) is 0.900. The van der Waals surface area contributed by atoms with Crippen molar-refractivity contribution in [2.75, 3.05) is 0 Å². The molecule has 0 bridgehead atoms. The molecule has 2 nitrogen and oxygen atoms in total. The predicted octanol–water partition coefficient (Wildman–Crippen LogP) is 2.76. The molecule has 0 aliphatic carbocycles. The molecule has 0 saturated carbocycles. The van der Waals surface area contributed by atoms with Gasteiger partial charge in [-0.25, -0.2) is 8.78 Å². The van der Waals surface area contributed by atoms with Crippen molar-refractivity contribution in [1.82, 2.24) is 0 Å². The van der Waals surface area contributed by atoms with Crippen LogP contribution in [0, 0.1) is 5.92 Å². The van der Waals surface area contributed by atoms with Gasteiger partial charge in [-0.15, -0.1) is 0 Å². The van der Waals surface area contributed by atoms with E-state index in [9.17, 15) is 13.6 Å². The highest BCUT2D eigenvalue weighted by atomic mass is 19.3. The van der Waals surface area contributed by atoms with Crippen molar-refractivity contribution in [2.24, 2.45) is 5.92 Å². The predicted molar refractivity (Wildman–Crippen MR) is 48.1 cm³/mol. The Morgan fingerprint density at radius 1 is 1.57 bits per heavy atom. The average Bonchev–Trinajstić information content (AvgIpc) is 2.50. The van der Waals surface area contributed by atoms with Gasteiger partial charge in [0.1, 0.15) is 6.10 Å². The summed E-state index contributed by atoms with van der Waals surface area (Å²) in [6.45, 7) is 1.95. The van der Waals surface area contributed by atoms with Gasteiger partial charge in [0.2, 0.25) is 6.43 Å². The molecule has 0 aromatic carbocycles. The Morgan fingerprint density at radius 2 is 2.29 bits per heavy atom. The van der Waals surface area contributed by atoms with E-state index in [2.05, 4.69) is 0 Å². The third-order valence-electron chi connectivity index (χ3n) is 2.58. The van der Waals surface area contributed by atoms with Crippen molar-refractivity contribution in [3.8, 4) is 0 Å². The molecular formula is C10H16F2O2. The summed E-state index contributed by atoms with van der Waals surface area (Å²) in [6.07, 6.45) is -0.161. The molecule has 1 saturated heterocycles. The van der Waals surface area contributed by atoms with Crippen LogP contribution >= 0.6 is 0 Å². The Balaban J connectivity index is 2.44. The summed E-state index contributed by atoms with van der Waals surface area (Å²) in [6, 6.07) is 0. The summed E-state index contributed by atoms with van der Waals surface area (Å²) in [4.78, 5) is 10.8. The van der Waals surface area contributed by atoms with Crippen LogP contribution < -0.4 is 0 Å². The van der Waals surface area contributed by atoms with E-state index in [1.54, 1.807) is 0 Å². The summed E-state index contributed by atoms with van der Waals surface area (Å²) < 4.78 is 29.4. The molecule has 0 spiro atoms. The lowest BCUT2D eigenvalue weighted by Gasteiger charge is -2.21. The quantitative estimate of drug-likeness (QED) is 0.646. The van der Waals surface area contributed by atoms with Crippen LogP contribution in [0.5, 0.6) is 0 Å². The normalized spacial score (nSPS) is 24.0.